The van der Waals surface area contributed by atoms with Gasteiger partial charge < -0.3 is 20.1 Å². The predicted molar refractivity (Wildman–Crippen MR) is 125 cm³/mol. The summed E-state index contributed by atoms with van der Waals surface area (Å²) < 4.78 is 2.20. The number of para-hydroxylation sites is 3. The third kappa shape index (κ3) is 3.75. The topological polar surface area (TPSA) is 96.3 Å². The number of fused-ring (bicyclic) bond motifs is 2. The molecule has 0 aliphatic carbocycles. The number of imidazole rings is 1. The van der Waals surface area contributed by atoms with Crippen LogP contribution in [0.5, 0.6) is 0 Å². The van der Waals surface area contributed by atoms with E-state index in [1.807, 2.05) is 23.1 Å². The molecule has 0 spiro atoms. The quantitative estimate of drug-likeness (QED) is 0.643. The van der Waals surface area contributed by atoms with Gasteiger partial charge in [-0.2, -0.15) is 0 Å². The van der Waals surface area contributed by atoms with Gasteiger partial charge in [0, 0.05) is 12.6 Å². The highest BCUT2D eigenvalue weighted by atomic mass is 16.2. The van der Waals surface area contributed by atoms with Gasteiger partial charge in [0.1, 0.15) is 11.9 Å². The molecule has 2 aliphatic rings. The average molecular weight is 446 g/mol. The van der Waals surface area contributed by atoms with Gasteiger partial charge in [-0.05, 0) is 51.0 Å². The number of aromatic nitrogens is 2. The van der Waals surface area contributed by atoms with Crippen molar-refractivity contribution in [3.05, 3.63) is 59.9 Å². The van der Waals surface area contributed by atoms with E-state index in [1.54, 1.807) is 24.3 Å². The number of carbonyl (C=O) groups is 3. The fourth-order valence-corrected chi connectivity index (χ4v) is 4.92. The Morgan fingerprint density at radius 2 is 1.88 bits per heavy atom. The molecule has 3 heterocycles. The summed E-state index contributed by atoms with van der Waals surface area (Å²) in [6, 6.07) is 13.9. The van der Waals surface area contributed by atoms with E-state index in [0.717, 1.165) is 29.7 Å². The van der Waals surface area contributed by atoms with Crippen molar-refractivity contribution in [3.63, 3.8) is 0 Å². The van der Waals surface area contributed by atoms with Crippen LogP contribution in [0.3, 0.4) is 0 Å². The van der Waals surface area contributed by atoms with Crippen LogP contribution in [0, 0.1) is 0 Å². The molecule has 1 saturated heterocycles. The molecule has 8 nitrogen and oxygen atoms in total. The lowest BCUT2D eigenvalue weighted by Gasteiger charge is -2.27. The lowest BCUT2D eigenvalue weighted by atomic mass is 10.1. The third-order valence-corrected chi connectivity index (χ3v) is 6.44. The summed E-state index contributed by atoms with van der Waals surface area (Å²) in [5.41, 5.74) is 2.81. The molecule has 0 unspecified atom stereocenters. The molecule has 33 heavy (non-hydrogen) atoms. The number of anilines is 1. The fraction of sp³-hybridized carbons (Fsp3) is 0.360. The second kappa shape index (κ2) is 8.35. The van der Waals surface area contributed by atoms with Crippen molar-refractivity contribution in [1.82, 2.24) is 19.8 Å². The Labute approximate surface area is 192 Å². The number of rotatable bonds is 4. The number of amides is 3. The van der Waals surface area contributed by atoms with Gasteiger partial charge in [0.2, 0.25) is 11.8 Å². The van der Waals surface area contributed by atoms with Crippen LogP contribution in [0.2, 0.25) is 0 Å². The number of benzene rings is 2. The molecular formula is C25H27N5O3. The summed E-state index contributed by atoms with van der Waals surface area (Å²) in [5.74, 6) is -0.0294. The average Bonchev–Trinajstić information content (AvgIpc) is 3.40. The second-order valence-corrected chi connectivity index (χ2v) is 8.93. The SMILES string of the molecule is CC(C)n1c([C@@H]2CCCN2C(=O)C[C@@H]2NC(=O)c3ccccc3NC2=O)nc2ccccc21. The predicted octanol–water partition coefficient (Wildman–Crippen LogP) is 3.42. The van der Waals surface area contributed by atoms with Gasteiger partial charge in [-0.3, -0.25) is 14.4 Å². The zero-order valence-electron chi connectivity index (χ0n) is 18.7. The van der Waals surface area contributed by atoms with Gasteiger partial charge in [0.05, 0.1) is 34.7 Å². The summed E-state index contributed by atoms with van der Waals surface area (Å²) in [4.78, 5) is 45.5. The van der Waals surface area contributed by atoms with Crippen molar-refractivity contribution >= 4 is 34.4 Å². The van der Waals surface area contributed by atoms with Crippen LogP contribution >= 0.6 is 0 Å². The number of hydrogen-bond acceptors (Lipinski definition) is 4. The van der Waals surface area contributed by atoms with Gasteiger partial charge in [0.15, 0.2) is 0 Å². The lowest BCUT2D eigenvalue weighted by molar-refractivity contribution is -0.134. The minimum atomic E-state index is -0.928. The van der Waals surface area contributed by atoms with E-state index < -0.39 is 6.04 Å². The molecular weight excluding hydrogens is 418 g/mol. The highest BCUT2D eigenvalue weighted by Gasteiger charge is 2.37. The molecule has 170 valence electrons. The maximum atomic E-state index is 13.4. The molecule has 0 saturated carbocycles. The molecule has 5 rings (SSSR count). The maximum absolute atomic E-state index is 13.4. The first-order valence-electron chi connectivity index (χ1n) is 11.4. The molecule has 0 bridgehead atoms. The van der Waals surface area contributed by atoms with E-state index >= 15 is 0 Å². The van der Waals surface area contributed by atoms with Crippen molar-refractivity contribution in [2.45, 2.75) is 51.2 Å². The number of nitrogens with zero attached hydrogens (tertiary/aromatic N) is 3. The van der Waals surface area contributed by atoms with E-state index in [1.165, 1.54) is 0 Å². The van der Waals surface area contributed by atoms with Gasteiger partial charge >= 0.3 is 0 Å². The number of hydrogen-bond donors (Lipinski definition) is 2. The smallest absolute Gasteiger partial charge is 0.254 e. The van der Waals surface area contributed by atoms with Crippen LogP contribution < -0.4 is 10.6 Å². The number of carbonyl (C=O) groups excluding carboxylic acids is 3. The Kier molecular flexibility index (Phi) is 5.36. The van der Waals surface area contributed by atoms with Crippen LogP contribution in [-0.4, -0.2) is 44.8 Å². The van der Waals surface area contributed by atoms with Crippen LogP contribution in [-0.2, 0) is 9.59 Å². The van der Waals surface area contributed by atoms with Gasteiger partial charge in [-0.25, -0.2) is 4.98 Å². The lowest BCUT2D eigenvalue weighted by Crippen LogP contribution is -2.45. The highest BCUT2D eigenvalue weighted by Crippen LogP contribution is 2.35. The molecule has 1 fully saturated rings. The number of nitrogens with one attached hydrogen (secondary N) is 2. The Morgan fingerprint density at radius 3 is 2.70 bits per heavy atom. The van der Waals surface area contributed by atoms with E-state index in [4.69, 9.17) is 4.98 Å². The molecule has 2 aromatic carbocycles. The van der Waals surface area contributed by atoms with Crippen molar-refractivity contribution in [2.75, 3.05) is 11.9 Å². The molecule has 3 aromatic rings. The largest absolute Gasteiger partial charge is 0.340 e. The first kappa shape index (κ1) is 21.2. The number of likely N-dealkylation sites (tertiary alicyclic amines) is 1. The van der Waals surface area contributed by atoms with E-state index in [-0.39, 0.29) is 36.2 Å². The minimum absolute atomic E-state index is 0.0933. The first-order valence-corrected chi connectivity index (χ1v) is 11.4. The second-order valence-electron chi connectivity index (χ2n) is 8.93. The Balaban J connectivity index is 1.40. The Bertz CT molecular complexity index is 1250. The molecule has 2 atom stereocenters. The third-order valence-electron chi connectivity index (χ3n) is 6.44. The minimum Gasteiger partial charge on any atom is -0.340 e. The van der Waals surface area contributed by atoms with Crippen molar-refractivity contribution in [2.24, 2.45) is 0 Å². The summed E-state index contributed by atoms with van der Waals surface area (Å²) >= 11 is 0. The van der Waals surface area contributed by atoms with Crippen molar-refractivity contribution < 1.29 is 14.4 Å². The zero-order valence-corrected chi connectivity index (χ0v) is 18.7. The van der Waals surface area contributed by atoms with E-state index in [9.17, 15) is 14.4 Å². The van der Waals surface area contributed by atoms with E-state index in [2.05, 4.69) is 35.1 Å². The monoisotopic (exact) mass is 445 g/mol. The Hall–Kier alpha value is -3.68. The summed E-state index contributed by atoms with van der Waals surface area (Å²) in [5, 5.41) is 5.50. The molecule has 2 aliphatic heterocycles. The maximum Gasteiger partial charge on any atom is 0.254 e. The standard InChI is InChI=1S/C25H27N5O3/c1-15(2)30-20-11-6-5-10-18(20)26-23(30)21-12-7-13-29(21)22(31)14-19-25(33)27-17-9-4-3-8-16(17)24(32)28-19/h3-6,8-11,15,19,21H,7,12-14H2,1-2H3,(H,27,33)(H,28,32)/t19-,21-/m0/s1. The first-order chi connectivity index (χ1) is 15.9. The Morgan fingerprint density at radius 1 is 1.12 bits per heavy atom. The zero-order chi connectivity index (χ0) is 23.1. The highest BCUT2D eigenvalue weighted by molar-refractivity contribution is 6.10. The van der Waals surface area contributed by atoms with Crippen LogP contribution in [0.15, 0.2) is 48.5 Å². The van der Waals surface area contributed by atoms with Crippen LogP contribution in [0.4, 0.5) is 5.69 Å². The normalized spacial score (nSPS) is 20.5. The fourth-order valence-electron chi connectivity index (χ4n) is 4.92. The van der Waals surface area contributed by atoms with Gasteiger partial charge in [-0.15, -0.1) is 0 Å². The van der Waals surface area contributed by atoms with Gasteiger partial charge in [0.25, 0.3) is 5.91 Å². The molecule has 1 aromatic heterocycles. The molecule has 0 radical (unpaired) electrons. The summed E-state index contributed by atoms with van der Waals surface area (Å²) in [7, 11) is 0. The summed E-state index contributed by atoms with van der Waals surface area (Å²) in [6.45, 7) is 4.83. The van der Waals surface area contributed by atoms with E-state index in [0.29, 0.717) is 17.8 Å². The molecule has 8 heteroatoms. The van der Waals surface area contributed by atoms with Crippen molar-refractivity contribution in [3.8, 4) is 0 Å². The molecule has 2 N–H and O–H groups in total. The van der Waals surface area contributed by atoms with Crippen molar-refractivity contribution in [1.29, 1.82) is 0 Å². The molecule has 3 amide bonds. The van der Waals surface area contributed by atoms with Gasteiger partial charge in [-0.1, -0.05) is 24.3 Å². The van der Waals surface area contributed by atoms with Crippen LogP contribution in [0.1, 0.15) is 61.4 Å². The summed E-state index contributed by atoms with van der Waals surface area (Å²) in [6.07, 6.45) is 1.59. The van der Waals surface area contributed by atoms with Crippen LogP contribution in [0.25, 0.3) is 11.0 Å².